The third kappa shape index (κ3) is 5.74. The Bertz CT molecular complexity index is 915. The lowest BCUT2D eigenvalue weighted by Crippen LogP contribution is -2.46. The summed E-state index contributed by atoms with van der Waals surface area (Å²) in [7, 11) is 0. The van der Waals surface area contributed by atoms with Gasteiger partial charge in [-0.1, -0.05) is 55.3 Å². The molecule has 2 amide bonds. The summed E-state index contributed by atoms with van der Waals surface area (Å²) < 4.78 is 0. The second-order valence-electron chi connectivity index (χ2n) is 9.33. The van der Waals surface area contributed by atoms with Crippen LogP contribution in [0.15, 0.2) is 59.5 Å². The number of hydrogen-bond acceptors (Lipinski definition) is 3. The standard InChI is InChI=1S/C27H34N2O2S/c1-32-22-13-11-20(12-14-22)19-27(18-16-26(31)29-27)17-15-25(30)28-24-10-6-5-9-23(24)21-7-3-2-4-8-21/h2-4,7-8,11-14,23-24H,5-6,9-10,15-19H2,1H3,(H,28,30)(H,29,31)/t23-,24+,27?/m0/s1. The fourth-order valence-corrected chi connectivity index (χ4v) is 5.76. The zero-order valence-electron chi connectivity index (χ0n) is 18.9. The van der Waals surface area contributed by atoms with Crippen LogP contribution in [0.3, 0.4) is 0 Å². The average Bonchev–Trinajstić information content (AvgIpc) is 3.19. The van der Waals surface area contributed by atoms with E-state index in [-0.39, 0.29) is 23.4 Å². The van der Waals surface area contributed by atoms with Crippen LogP contribution in [-0.2, 0) is 16.0 Å². The van der Waals surface area contributed by atoms with Gasteiger partial charge in [0.15, 0.2) is 0 Å². The summed E-state index contributed by atoms with van der Waals surface area (Å²) in [5, 5.41) is 6.56. The van der Waals surface area contributed by atoms with Crippen molar-refractivity contribution in [1.29, 1.82) is 0 Å². The Hall–Kier alpha value is -2.27. The van der Waals surface area contributed by atoms with Gasteiger partial charge < -0.3 is 10.6 Å². The van der Waals surface area contributed by atoms with E-state index in [0.717, 1.165) is 25.7 Å². The van der Waals surface area contributed by atoms with E-state index in [0.29, 0.717) is 25.2 Å². The summed E-state index contributed by atoms with van der Waals surface area (Å²) in [5.74, 6) is 0.600. The molecule has 170 valence electrons. The first-order valence-electron chi connectivity index (χ1n) is 11.9. The molecule has 32 heavy (non-hydrogen) atoms. The van der Waals surface area contributed by atoms with Crippen molar-refractivity contribution in [1.82, 2.24) is 10.6 Å². The van der Waals surface area contributed by atoms with Gasteiger partial charge in [0.2, 0.25) is 11.8 Å². The molecule has 4 nitrogen and oxygen atoms in total. The molecule has 5 heteroatoms. The number of hydrogen-bond donors (Lipinski definition) is 2. The van der Waals surface area contributed by atoms with Gasteiger partial charge in [0.1, 0.15) is 0 Å². The van der Waals surface area contributed by atoms with E-state index in [4.69, 9.17) is 0 Å². The van der Waals surface area contributed by atoms with Crippen molar-refractivity contribution in [3.8, 4) is 0 Å². The molecular formula is C27H34N2O2S. The normalized spacial score (nSPS) is 25.3. The average molecular weight is 451 g/mol. The molecule has 3 atom stereocenters. The summed E-state index contributed by atoms with van der Waals surface area (Å²) in [4.78, 5) is 26.3. The van der Waals surface area contributed by atoms with Gasteiger partial charge in [0, 0.05) is 35.2 Å². The maximum absolute atomic E-state index is 13.0. The minimum atomic E-state index is -0.319. The molecule has 1 aliphatic carbocycles. The minimum Gasteiger partial charge on any atom is -0.353 e. The van der Waals surface area contributed by atoms with Crippen molar-refractivity contribution >= 4 is 23.6 Å². The Morgan fingerprint density at radius 1 is 1.09 bits per heavy atom. The number of amides is 2. The molecule has 0 aromatic heterocycles. The van der Waals surface area contributed by atoms with E-state index in [2.05, 4.69) is 65.4 Å². The molecule has 2 aliphatic rings. The van der Waals surface area contributed by atoms with E-state index >= 15 is 0 Å². The van der Waals surface area contributed by atoms with Crippen LogP contribution in [0.1, 0.15) is 68.4 Å². The van der Waals surface area contributed by atoms with Crippen molar-refractivity contribution in [2.24, 2.45) is 0 Å². The van der Waals surface area contributed by atoms with Crippen LogP contribution in [0.25, 0.3) is 0 Å². The van der Waals surface area contributed by atoms with Crippen molar-refractivity contribution in [2.45, 2.75) is 80.2 Å². The highest BCUT2D eigenvalue weighted by Crippen LogP contribution is 2.34. The monoisotopic (exact) mass is 450 g/mol. The first-order valence-corrected chi connectivity index (χ1v) is 13.1. The first kappa shape index (κ1) is 22.9. The molecule has 0 radical (unpaired) electrons. The molecule has 1 unspecified atom stereocenters. The fourth-order valence-electron chi connectivity index (χ4n) is 5.35. The van der Waals surface area contributed by atoms with Crippen molar-refractivity contribution in [3.63, 3.8) is 0 Å². The smallest absolute Gasteiger partial charge is 0.220 e. The molecule has 1 heterocycles. The maximum Gasteiger partial charge on any atom is 0.220 e. The highest BCUT2D eigenvalue weighted by atomic mass is 32.2. The second-order valence-corrected chi connectivity index (χ2v) is 10.2. The fraction of sp³-hybridized carbons (Fsp3) is 0.481. The predicted molar refractivity (Wildman–Crippen MR) is 131 cm³/mol. The van der Waals surface area contributed by atoms with Gasteiger partial charge in [-0.05, 0) is 61.6 Å². The Kier molecular flexibility index (Phi) is 7.56. The predicted octanol–water partition coefficient (Wildman–Crippen LogP) is 5.22. The Morgan fingerprint density at radius 3 is 2.53 bits per heavy atom. The molecule has 0 spiro atoms. The zero-order chi connectivity index (χ0) is 22.4. The van der Waals surface area contributed by atoms with Crippen molar-refractivity contribution in [3.05, 3.63) is 65.7 Å². The summed E-state index contributed by atoms with van der Waals surface area (Å²) in [6.07, 6.45) is 9.85. The lowest BCUT2D eigenvalue weighted by atomic mass is 9.79. The maximum atomic E-state index is 13.0. The number of benzene rings is 2. The van der Waals surface area contributed by atoms with Gasteiger partial charge in [-0.3, -0.25) is 9.59 Å². The van der Waals surface area contributed by atoms with Gasteiger partial charge in [0.05, 0.1) is 0 Å². The number of carbonyl (C=O) groups is 2. The minimum absolute atomic E-state index is 0.0996. The molecule has 1 saturated carbocycles. The molecule has 2 aromatic rings. The molecule has 2 fully saturated rings. The lowest BCUT2D eigenvalue weighted by Gasteiger charge is -2.33. The summed E-state index contributed by atoms with van der Waals surface area (Å²) in [5.41, 5.74) is 2.22. The number of nitrogens with one attached hydrogen (secondary N) is 2. The topological polar surface area (TPSA) is 58.2 Å². The van der Waals surface area contributed by atoms with E-state index in [1.54, 1.807) is 11.8 Å². The second kappa shape index (κ2) is 10.6. The molecular weight excluding hydrogens is 416 g/mol. The van der Waals surface area contributed by atoms with E-state index in [1.807, 2.05) is 6.07 Å². The van der Waals surface area contributed by atoms with Crippen LogP contribution in [0.4, 0.5) is 0 Å². The van der Waals surface area contributed by atoms with Crippen molar-refractivity contribution in [2.75, 3.05) is 6.26 Å². The molecule has 4 rings (SSSR count). The van der Waals surface area contributed by atoms with E-state index in [9.17, 15) is 9.59 Å². The molecule has 1 saturated heterocycles. The highest BCUT2D eigenvalue weighted by Gasteiger charge is 2.38. The van der Waals surface area contributed by atoms with E-state index < -0.39 is 0 Å². The largest absolute Gasteiger partial charge is 0.353 e. The quantitative estimate of drug-likeness (QED) is 0.542. The summed E-state index contributed by atoms with van der Waals surface area (Å²) in [6.45, 7) is 0. The highest BCUT2D eigenvalue weighted by molar-refractivity contribution is 7.98. The van der Waals surface area contributed by atoms with Gasteiger partial charge >= 0.3 is 0 Å². The van der Waals surface area contributed by atoms with Crippen LogP contribution < -0.4 is 10.6 Å². The van der Waals surface area contributed by atoms with Gasteiger partial charge in [-0.15, -0.1) is 11.8 Å². The van der Waals surface area contributed by atoms with Crippen LogP contribution in [0.5, 0.6) is 0 Å². The zero-order valence-corrected chi connectivity index (χ0v) is 19.8. The molecule has 0 bridgehead atoms. The SMILES string of the molecule is CSc1ccc(CC2(CCC(=O)N[C@@H]3CCCC[C@H]3c3ccccc3)CCC(=O)N2)cc1. The Balaban J connectivity index is 1.38. The molecule has 1 aliphatic heterocycles. The van der Waals surface area contributed by atoms with Crippen LogP contribution >= 0.6 is 11.8 Å². The number of rotatable bonds is 8. The van der Waals surface area contributed by atoms with Crippen LogP contribution in [-0.4, -0.2) is 29.7 Å². The van der Waals surface area contributed by atoms with Gasteiger partial charge in [-0.25, -0.2) is 0 Å². The number of thioether (sulfide) groups is 1. The third-order valence-electron chi connectivity index (χ3n) is 7.11. The van der Waals surface area contributed by atoms with Crippen LogP contribution in [0.2, 0.25) is 0 Å². The van der Waals surface area contributed by atoms with Gasteiger partial charge in [-0.2, -0.15) is 0 Å². The Labute approximate surface area is 195 Å². The Morgan fingerprint density at radius 2 is 1.84 bits per heavy atom. The van der Waals surface area contributed by atoms with Crippen LogP contribution in [0, 0.1) is 0 Å². The van der Waals surface area contributed by atoms with Gasteiger partial charge in [0.25, 0.3) is 0 Å². The van der Waals surface area contributed by atoms with Crippen molar-refractivity contribution < 1.29 is 9.59 Å². The lowest BCUT2D eigenvalue weighted by molar-refractivity contribution is -0.123. The first-order chi connectivity index (χ1) is 15.6. The third-order valence-corrected chi connectivity index (χ3v) is 7.85. The summed E-state index contributed by atoms with van der Waals surface area (Å²) in [6, 6.07) is 19.3. The molecule has 2 aromatic carbocycles. The van der Waals surface area contributed by atoms with E-state index in [1.165, 1.54) is 28.9 Å². The number of carbonyl (C=O) groups excluding carboxylic acids is 2. The molecule has 2 N–H and O–H groups in total. The summed E-state index contributed by atoms with van der Waals surface area (Å²) >= 11 is 1.73.